The molecule has 2 aromatic carbocycles. The molecule has 0 aliphatic carbocycles. The van der Waals surface area contributed by atoms with Crippen LogP contribution in [0.15, 0.2) is 48.5 Å². The summed E-state index contributed by atoms with van der Waals surface area (Å²) in [5, 5.41) is 9.28. The van der Waals surface area contributed by atoms with Crippen LogP contribution in [0.4, 0.5) is 18.9 Å². The smallest absolute Gasteiger partial charge is 0.367 e. The Morgan fingerprint density at radius 2 is 1.78 bits per heavy atom. The van der Waals surface area contributed by atoms with Crippen molar-refractivity contribution < 1.29 is 27.5 Å². The zero-order chi connectivity index (χ0) is 25.9. The maximum absolute atomic E-state index is 14.0. The van der Waals surface area contributed by atoms with Gasteiger partial charge >= 0.3 is 6.18 Å². The first-order valence-electron chi connectivity index (χ1n) is 11.9. The zero-order valence-electron chi connectivity index (χ0n) is 20.0. The molecular weight excluding hydrogens is 471 g/mol. The van der Waals surface area contributed by atoms with Crippen molar-refractivity contribution >= 4 is 17.5 Å². The molecule has 2 amide bonds. The molecular formula is C27H26F3N3O3. The summed E-state index contributed by atoms with van der Waals surface area (Å²) in [6.45, 7) is 3.06. The van der Waals surface area contributed by atoms with Crippen molar-refractivity contribution in [2.75, 3.05) is 18.5 Å². The van der Waals surface area contributed by atoms with Crippen molar-refractivity contribution in [2.45, 2.75) is 50.1 Å². The van der Waals surface area contributed by atoms with Crippen LogP contribution in [-0.4, -0.2) is 41.5 Å². The number of ether oxygens (including phenoxy) is 1. The van der Waals surface area contributed by atoms with Gasteiger partial charge in [0.05, 0.1) is 45.9 Å². The second kappa shape index (κ2) is 8.43. The fourth-order valence-corrected chi connectivity index (χ4v) is 6.32. The lowest BCUT2D eigenvalue weighted by Gasteiger charge is -2.33. The summed E-state index contributed by atoms with van der Waals surface area (Å²) in [4.78, 5) is 30.0. The van der Waals surface area contributed by atoms with Gasteiger partial charge in [0.25, 0.3) is 0 Å². The number of benzene rings is 2. The first-order valence-corrected chi connectivity index (χ1v) is 11.9. The van der Waals surface area contributed by atoms with E-state index >= 15 is 0 Å². The quantitative estimate of drug-likeness (QED) is 0.549. The van der Waals surface area contributed by atoms with Crippen molar-refractivity contribution in [3.63, 3.8) is 0 Å². The van der Waals surface area contributed by atoms with Crippen LogP contribution in [0.2, 0.25) is 0 Å². The molecule has 0 spiro atoms. The van der Waals surface area contributed by atoms with Gasteiger partial charge in [0, 0.05) is 13.1 Å². The molecule has 4 unspecified atom stereocenters. The standard InChI is InChI=1S/C27H26F3N3O3/c1-25-11-12-26(36-25,13-14-32(2)16-17-7-4-3-5-8-17)22-21(25)23(34)33(24(22)35)19-10-6-9-18(15-31)20(19)27(28,29)30/h3-10,21-22H,11-14,16H2,1-2H3. The third-order valence-corrected chi connectivity index (χ3v) is 7.91. The average molecular weight is 498 g/mol. The van der Waals surface area contributed by atoms with Crippen LogP contribution >= 0.6 is 0 Å². The Kier molecular flexibility index (Phi) is 5.73. The van der Waals surface area contributed by atoms with Gasteiger partial charge in [-0.1, -0.05) is 36.4 Å². The normalized spacial score (nSPS) is 29.2. The Morgan fingerprint density at radius 1 is 1.08 bits per heavy atom. The van der Waals surface area contributed by atoms with Gasteiger partial charge < -0.3 is 9.64 Å². The van der Waals surface area contributed by atoms with Gasteiger partial charge in [0.1, 0.15) is 0 Å². The largest absolute Gasteiger partial charge is 0.419 e. The summed E-state index contributed by atoms with van der Waals surface area (Å²) in [7, 11) is 1.96. The molecule has 3 heterocycles. The van der Waals surface area contributed by atoms with Crippen LogP contribution < -0.4 is 4.90 Å². The molecule has 3 saturated heterocycles. The number of rotatable bonds is 6. The number of hydrogen-bond acceptors (Lipinski definition) is 5. The highest BCUT2D eigenvalue weighted by atomic mass is 19.4. The number of fused-ring (bicyclic) bond motifs is 5. The number of carbonyl (C=O) groups excluding carboxylic acids is 2. The Hall–Kier alpha value is -3.22. The van der Waals surface area contributed by atoms with Gasteiger partial charge in [-0.2, -0.15) is 18.4 Å². The van der Waals surface area contributed by atoms with Gasteiger partial charge in [-0.25, -0.2) is 4.90 Å². The van der Waals surface area contributed by atoms with Crippen molar-refractivity contribution in [3.05, 3.63) is 65.2 Å². The predicted octanol–water partition coefficient (Wildman–Crippen LogP) is 4.53. The fraction of sp³-hybridized carbons (Fsp3) is 0.444. The predicted molar refractivity (Wildman–Crippen MR) is 124 cm³/mol. The van der Waals surface area contributed by atoms with Crippen molar-refractivity contribution in [2.24, 2.45) is 11.8 Å². The minimum Gasteiger partial charge on any atom is -0.367 e. The van der Waals surface area contributed by atoms with E-state index in [2.05, 4.69) is 4.90 Å². The number of alkyl halides is 3. The molecule has 0 aromatic heterocycles. The van der Waals surface area contributed by atoms with E-state index in [9.17, 15) is 28.0 Å². The molecule has 2 bridgehead atoms. The van der Waals surface area contributed by atoms with Crippen LogP contribution in [0.3, 0.4) is 0 Å². The maximum atomic E-state index is 14.0. The Morgan fingerprint density at radius 3 is 2.44 bits per heavy atom. The molecule has 36 heavy (non-hydrogen) atoms. The van der Waals surface area contributed by atoms with Crippen LogP contribution in [0.25, 0.3) is 0 Å². The van der Waals surface area contributed by atoms with E-state index in [1.54, 1.807) is 13.0 Å². The first kappa shape index (κ1) is 24.5. The molecule has 2 aromatic rings. The number of carbonyl (C=O) groups is 2. The zero-order valence-corrected chi connectivity index (χ0v) is 20.0. The molecule has 0 radical (unpaired) electrons. The van der Waals surface area contributed by atoms with Gasteiger partial charge in [-0.05, 0) is 50.9 Å². The molecule has 4 atom stereocenters. The van der Waals surface area contributed by atoms with E-state index in [1.807, 2.05) is 37.4 Å². The van der Waals surface area contributed by atoms with Gasteiger partial charge in [0.2, 0.25) is 11.8 Å². The minimum absolute atomic E-state index is 0.477. The Balaban J connectivity index is 1.46. The molecule has 6 nitrogen and oxygen atoms in total. The minimum atomic E-state index is -4.91. The highest BCUT2D eigenvalue weighted by molar-refractivity contribution is 6.23. The molecule has 188 valence electrons. The number of nitrogens with zero attached hydrogens (tertiary/aromatic N) is 3. The van der Waals surface area contributed by atoms with Crippen LogP contribution in [0, 0.1) is 23.2 Å². The lowest BCUT2D eigenvalue weighted by molar-refractivity contribution is -0.137. The summed E-state index contributed by atoms with van der Waals surface area (Å²) >= 11 is 0. The molecule has 9 heteroatoms. The first-order chi connectivity index (χ1) is 17.0. The highest BCUT2D eigenvalue weighted by Gasteiger charge is 2.74. The molecule has 5 rings (SSSR count). The second-order valence-corrected chi connectivity index (χ2v) is 10.2. The fourth-order valence-electron chi connectivity index (χ4n) is 6.32. The van der Waals surface area contributed by atoms with E-state index in [0.717, 1.165) is 17.7 Å². The monoisotopic (exact) mass is 497 g/mol. The van der Waals surface area contributed by atoms with Crippen LogP contribution in [0.5, 0.6) is 0 Å². The van der Waals surface area contributed by atoms with Gasteiger partial charge in [0.15, 0.2) is 0 Å². The number of anilines is 1. The summed E-state index contributed by atoms with van der Waals surface area (Å²) < 4.78 is 48.3. The van der Waals surface area contributed by atoms with E-state index in [-0.39, 0.29) is 0 Å². The molecule has 3 fully saturated rings. The van der Waals surface area contributed by atoms with Crippen LogP contribution in [-0.2, 0) is 27.0 Å². The topological polar surface area (TPSA) is 73.6 Å². The van der Waals surface area contributed by atoms with E-state index in [4.69, 9.17) is 4.74 Å². The van der Waals surface area contributed by atoms with Crippen molar-refractivity contribution in [1.29, 1.82) is 5.26 Å². The Bertz CT molecular complexity index is 1260. The number of hydrogen-bond donors (Lipinski definition) is 0. The highest BCUT2D eigenvalue weighted by Crippen LogP contribution is 2.62. The van der Waals surface area contributed by atoms with Crippen molar-refractivity contribution in [1.82, 2.24) is 4.90 Å². The number of imide groups is 1. The van der Waals surface area contributed by atoms with E-state index < -0.39 is 57.8 Å². The molecule has 0 N–H and O–H groups in total. The van der Waals surface area contributed by atoms with Crippen molar-refractivity contribution in [3.8, 4) is 6.07 Å². The summed E-state index contributed by atoms with van der Waals surface area (Å²) in [5.41, 5.74) is -3.17. The molecule has 3 aliphatic heterocycles. The number of amides is 2. The summed E-state index contributed by atoms with van der Waals surface area (Å²) in [6, 6.07) is 14.8. The van der Waals surface area contributed by atoms with Crippen LogP contribution in [0.1, 0.15) is 42.9 Å². The lowest BCUT2D eigenvalue weighted by atomic mass is 9.67. The molecule has 3 aliphatic rings. The third-order valence-electron chi connectivity index (χ3n) is 7.91. The SMILES string of the molecule is CN(CCC12CCC(C)(O1)C1C(=O)N(c3cccc(C#N)c3C(F)(F)F)C(=O)C12)Cc1ccccc1. The Labute approximate surface area is 207 Å². The summed E-state index contributed by atoms with van der Waals surface area (Å²) in [5.74, 6) is -3.09. The van der Waals surface area contributed by atoms with Gasteiger partial charge in [-0.15, -0.1) is 0 Å². The molecule has 0 saturated carbocycles. The number of halogens is 3. The van der Waals surface area contributed by atoms with Gasteiger partial charge in [-0.3, -0.25) is 9.59 Å². The van der Waals surface area contributed by atoms with E-state index in [0.29, 0.717) is 37.3 Å². The lowest BCUT2D eigenvalue weighted by Crippen LogP contribution is -2.44. The number of nitriles is 1. The maximum Gasteiger partial charge on any atom is 0.419 e. The summed E-state index contributed by atoms with van der Waals surface area (Å²) in [6.07, 6.45) is -3.32. The average Bonchev–Trinajstić information content (AvgIpc) is 3.42. The van der Waals surface area contributed by atoms with E-state index in [1.165, 1.54) is 6.07 Å². The second-order valence-electron chi connectivity index (χ2n) is 10.2. The third kappa shape index (κ3) is 3.71.